The number of hydrogen-bond acceptors (Lipinski definition) is 3. The van der Waals surface area contributed by atoms with Crippen LogP contribution in [-0.4, -0.2) is 23.1 Å². The molecule has 0 aliphatic rings. The summed E-state index contributed by atoms with van der Waals surface area (Å²) in [6, 6.07) is 15.1. The molecule has 0 radical (unpaired) electrons. The van der Waals surface area contributed by atoms with Crippen LogP contribution in [0.25, 0.3) is 10.9 Å². The molecule has 5 heteroatoms. The molecule has 1 aromatic heterocycles. The monoisotopic (exact) mass is 425 g/mol. The Balaban J connectivity index is 1.63. The van der Waals surface area contributed by atoms with Crippen LogP contribution in [0.1, 0.15) is 34.9 Å². The van der Waals surface area contributed by atoms with Crippen LogP contribution in [0.4, 0.5) is 0 Å². The van der Waals surface area contributed by atoms with E-state index in [0.29, 0.717) is 12.0 Å². The van der Waals surface area contributed by atoms with E-state index in [1.54, 1.807) is 19.2 Å². The summed E-state index contributed by atoms with van der Waals surface area (Å²) >= 11 is 3.53. The van der Waals surface area contributed by atoms with E-state index < -0.39 is 6.10 Å². The van der Waals surface area contributed by atoms with Crippen LogP contribution in [0, 0.1) is 11.8 Å². The highest BCUT2D eigenvalue weighted by molar-refractivity contribution is 9.10. The Hall–Kier alpha value is -2.55. The number of aromatic nitrogens is 1. The highest BCUT2D eigenvalue weighted by Crippen LogP contribution is 2.29. The Morgan fingerprint density at radius 3 is 2.67 bits per heavy atom. The molecule has 0 spiro atoms. The summed E-state index contributed by atoms with van der Waals surface area (Å²) in [5.74, 6) is 6.67. The van der Waals surface area contributed by atoms with Gasteiger partial charge in [-0.2, -0.15) is 0 Å². The molecule has 1 N–H and O–H groups in total. The van der Waals surface area contributed by atoms with Crippen molar-refractivity contribution in [1.82, 2.24) is 4.57 Å². The second kappa shape index (κ2) is 8.90. The number of benzene rings is 2. The predicted molar refractivity (Wildman–Crippen MR) is 110 cm³/mol. The maximum atomic E-state index is 11.4. The lowest BCUT2D eigenvalue weighted by atomic mass is 10.1. The first-order valence-corrected chi connectivity index (χ1v) is 9.47. The molecule has 0 amide bonds. The van der Waals surface area contributed by atoms with Crippen molar-refractivity contribution < 1.29 is 14.6 Å². The van der Waals surface area contributed by atoms with E-state index in [0.717, 1.165) is 46.1 Å². The van der Waals surface area contributed by atoms with E-state index in [1.807, 2.05) is 36.4 Å². The van der Waals surface area contributed by atoms with Crippen LogP contribution < -0.4 is 4.74 Å². The van der Waals surface area contributed by atoms with E-state index in [1.165, 1.54) is 0 Å². The molecule has 0 saturated carbocycles. The zero-order valence-corrected chi connectivity index (χ0v) is 16.6. The number of fused-ring (bicyclic) bond motifs is 1. The van der Waals surface area contributed by atoms with Crippen molar-refractivity contribution in [2.75, 3.05) is 7.11 Å². The lowest BCUT2D eigenvalue weighted by Crippen LogP contribution is -1.98. The molecule has 3 aromatic rings. The van der Waals surface area contributed by atoms with Gasteiger partial charge in [0.2, 0.25) is 0 Å². The van der Waals surface area contributed by atoms with Crippen LogP contribution in [0.3, 0.4) is 0 Å². The van der Waals surface area contributed by atoms with Crippen molar-refractivity contribution in [3.8, 4) is 17.6 Å². The van der Waals surface area contributed by atoms with Crippen LogP contribution in [0.2, 0.25) is 0 Å². The average Bonchev–Trinajstić information content (AvgIpc) is 2.98. The summed E-state index contributed by atoms with van der Waals surface area (Å²) < 4.78 is 7.99. The number of carbonyl (C=O) groups is 1. The summed E-state index contributed by atoms with van der Waals surface area (Å²) in [5, 5.41) is 11.1. The normalized spacial score (nSPS) is 11.7. The largest absolute Gasteiger partial charge is 0.497 e. The van der Waals surface area contributed by atoms with E-state index in [-0.39, 0.29) is 0 Å². The van der Waals surface area contributed by atoms with Crippen molar-refractivity contribution in [3.63, 3.8) is 0 Å². The van der Waals surface area contributed by atoms with Gasteiger partial charge in [0.25, 0.3) is 0 Å². The van der Waals surface area contributed by atoms with Crippen LogP contribution in [0.15, 0.2) is 53.1 Å². The smallest absolute Gasteiger partial charge is 0.153 e. The fourth-order valence-corrected chi connectivity index (χ4v) is 3.67. The third kappa shape index (κ3) is 4.24. The number of aliphatic hydroxyl groups is 1. The van der Waals surface area contributed by atoms with Gasteiger partial charge >= 0.3 is 0 Å². The Morgan fingerprint density at radius 2 is 1.96 bits per heavy atom. The first-order valence-electron chi connectivity index (χ1n) is 8.68. The number of aryl methyl sites for hydroxylation is 1. The van der Waals surface area contributed by atoms with Gasteiger partial charge in [-0.15, -0.1) is 5.92 Å². The molecule has 1 atom stereocenters. The van der Waals surface area contributed by atoms with Crippen molar-refractivity contribution in [2.45, 2.75) is 25.5 Å². The van der Waals surface area contributed by atoms with E-state index >= 15 is 0 Å². The molecule has 0 aliphatic heterocycles. The third-order valence-corrected chi connectivity index (χ3v) is 5.27. The predicted octanol–water partition coefficient (Wildman–Crippen LogP) is 4.74. The molecule has 1 heterocycles. The molecule has 2 aromatic carbocycles. The van der Waals surface area contributed by atoms with Gasteiger partial charge in [-0.1, -0.05) is 36.3 Å². The minimum absolute atomic E-state index is 0.655. The Kier molecular flexibility index (Phi) is 6.33. The van der Waals surface area contributed by atoms with Gasteiger partial charge < -0.3 is 14.4 Å². The highest BCUT2D eigenvalue weighted by Gasteiger charge is 2.13. The zero-order valence-electron chi connectivity index (χ0n) is 15.0. The number of ether oxygens (including phenoxy) is 1. The molecular formula is C22H20BrNO3. The van der Waals surface area contributed by atoms with Gasteiger partial charge in [-0.3, -0.25) is 4.79 Å². The Bertz CT molecular complexity index is 996. The van der Waals surface area contributed by atoms with Gasteiger partial charge in [0.05, 0.1) is 17.3 Å². The molecule has 1 unspecified atom stereocenters. The number of para-hydroxylation sites is 1. The second-order valence-electron chi connectivity index (χ2n) is 6.09. The number of methoxy groups -OCH3 is 1. The van der Waals surface area contributed by atoms with Gasteiger partial charge in [-0.05, 0) is 46.1 Å². The molecular weight excluding hydrogens is 406 g/mol. The molecule has 3 rings (SSSR count). The summed E-state index contributed by atoms with van der Waals surface area (Å²) in [7, 11) is 1.61. The zero-order chi connectivity index (χ0) is 19.2. The first kappa shape index (κ1) is 19.2. The lowest BCUT2D eigenvalue weighted by molar-refractivity contribution is 0.112. The van der Waals surface area contributed by atoms with E-state index in [4.69, 9.17) is 4.74 Å². The second-order valence-corrected chi connectivity index (χ2v) is 6.84. The van der Waals surface area contributed by atoms with Crippen LogP contribution >= 0.6 is 15.9 Å². The van der Waals surface area contributed by atoms with Gasteiger partial charge in [0.1, 0.15) is 11.9 Å². The third-order valence-electron chi connectivity index (χ3n) is 4.42. The van der Waals surface area contributed by atoms with Gasteiger partial charge in [0, 0.05) is 23.9 Å². The number of nitrogens with zero attached hydrogens (tertiary/aromatic N) is 1. The Labute approximate surface area is 166 Å². The number of halogens is 1. The summed E-state index contributed by atoms with van der Waals surface area (Å²) in [6.07, 6.45) is 1.55. The molecule has 0 aliphatic carbocycles. The van der Waals surface area contributed by atoms with Crippen LogP contribution in [-0.2, 0) is 6.54 Å². The lowest BCUT2D eigenvalue weighted by Gasteiger charge is -2.06. The number of rotatable bonds is 6. The minimum atomic E-state index is -0.809. The van der Waals surface area contributed by atoms with Crippen LogP contribution in [0.5, 0.6) is 5.75 Å². The summed E-state index contributed by atoms with van der Waals surface area (Å²) in [5.41, 5.74) is 2.45. The molecule has 27 heavy (non-hydrogen) atoms. The van der Waals surface area contributed by atoms with Crippen molar-refractivity contribution in [1.29, 1.82) is 0 Å². The maximum absolute atomic E-state index is 11.4. The first-order chi connectivity index (χ1) is 13.2. The minimum Gasteiger partial charge on any atom is -0.497 e. The SMILES string of the molecule is COc1ccc(C(O)C#CCCCn2c(Br)c(C=O)c3ccccc32)cc1. The number of unbranched alkanes of at least 4 members (excludes halogenated alkanes) is 1. The number of hydrogen-bond donors (Lipinski definition) is 1. The van der Waals surface area contributed by atoms with Gasteiger partial charge in [-0.25, -0.2) is 0 Å². The van der Waals surface area contributed by atoms with Gasteiger partial charge in [0.15, 0.2) is 6.29 Å². The molecule has 138 valence electrons. The van der Waals surface area contributed by atoms with E-state index in [2.05, 4.69) is 32.3 Å². The molecule has 0 bridgehead atoms. The fourth-order valence-electron chi connectivity index (χ4n) is 2.99. The molecule has 0 fully saturated rings. The fraction of sp³-hybridized carbons (Fsp3) is 0.227. The average molecular weight is 426 g/mol. The number of carbonyl (C=O) groups excluding carboxylic acids is 1. The quantitative estimate of drug-likeness (QED) is 0.352. The molecule has 0 saturated heterocycles. The summed E-state index contributed by atoms with van der Waals surface area (Å²) in [4.78, 5) is 11.4. The standard InChI is InChI=1S/C22H20BrNO3/c1-27-17-12-10-16(11-13-17)21(26)9-3-2-6-14-24-20-8-5-4-7-18(20)19(15-25)22(24)23/h4-5,7-8,10-13,15,21,26H,2,6,14H2,1H3. The summed E-state index contributed by atoms with van der Waals surface area (Å²) in [6.45, 7) is 0.738. The highest BCUT2D eigenvalue weighted by atomic mass is 79.9. The van der Waals surface area contributed by atoms with E-state index in [9.17, 15) is 9.90 Å². The van der Waals surface area contributed by atoms with Crippen molar-refractivity contribution in [3.05, 3.63) is 64.3 Å². The molecule has 4 nitrogen and oxygen atoms in total. The number of aldehydes is 1. The topological polar surface area (TPSA) is 51.5 Å². The Morgan fingerprint density at radius 1 is 1.22 bits per heavy atom. The maximum Gasteiger partial charge on any atom is 0.153 e. The van der Waals surface area contributed by atoms with Crippen molar-refractivity contribution >= 4 is 33.1 Å². The van der Waals surface area contributed by atoms with Crippen molar-refractivity contribution in [2.24, 2.45) is 0 Å². The number of aliphatic hydroxyl groups excluding tert-OH is 1.